The van der Waals surface area contributed by atoms with E-state index in [1.807, 2.05) is 0 Å². The number of ether oxygens (including phenoxy) is 1. The highest BCUT2D eigenvalue weighted by molar-refractivity contribution is 8.00. The normalized spacial score (nSPS) is 17.9. The van der Waals surface area contributed by atoms with E-state index in [1.165, 1.54) is 48.0 Å². The topological polar surface area (TPSA) is 89.8 Å². The second kappa shape index (κ2) is 5.91. The van der Waals surface area contributed by atoms with E-state index in [9.17, 15) is 19.7 Å². The van der Waals surface area contributed by atoms with Crippen molar-refractivity contribution in [1.29, 1.82) is 0 Å². The summed E-state index contributed by atoms with van der Waals surface area (Å²) in [5.41, 5.74) is 0.230. The van der Waals surface area contributed by atoms with Crippen LogP contribution in [0.2, 0.25) is 0 Å². The lowest BCUT2D eigenvalue weighted by atomic mass is 10.2. The molecule has 0 aromatic heterocycles. The predicted molar refractivity (Wildman–Crippen MR) is 72.4 cm³/mol. The molecule has 0 N–H and O–H groups in total. The number of carbonyl (C=O) groups is 2. The Hall–Kier alpha value is -2.09. The Morgan fingerprint density at radius 1 is 1.40 bits per heavy atom. The summed E-state index contributed by atoms with van der Waals surface area (Å²) in [5.74, 6) is -0.151. The van der Waals surface area contributed by atoms with E-state index in [0.29, 0.717) is 17.9 Å². The van der Waals surface area contributed by atoms with Crippen LogP contribution >= 0.6 is 11.8 Å². The van der Waals surface area contributed by atoms with Gasteiger partial charge in [-0.2, -0.15) is 0 Å². The molecule has 1 aliphatic heterocycles. The van der Waals surface area contributed by atoms with Crippen molar-refractivity contribution < 1.29 is 19.2 Å². The third kappa shape index (κ3) is 2.74. The molecule has 1 heterocycles. The van der Waals surface area contributed by atoms with Crippen LogP contribution in [0.5, 0.6) is 0 Å². The fourth-order valence-electron chi connectivity index (χ4n) is 1.87. The maximum atomic E-state index is 12.3. The van der Waals surface area contributed by atoms with Crippen molar-refractivity contribution in [1.82, 2.24) is 4.90 Å². The zero-order chi connectivity index (χ0) is 14.7. The number of methoxy groups -OCH3 is 1. The van der Waals surface area contributed by atoms with Gasteiger partial charge in [0.15, 0.2) is 5.37 Å². The first-order chi connectivity index (χ1) is 9.54. The van der Waals surface area contributed by atoms with Crippen LogP contribution in [-0.2, 0) is 9.53 Å². The van der Waals surface area contributed by atoms with Crippen molar-refractivity contribution in [2.24, 2.45) is 0 Å². The van der Waals surface area contributed by atoms with Gasteiger partial charge in [0, 0.05) is 30.0 Å². The number of hydrogen-bond acceptors (Lipinski definition) is 6. The van der Waals surface area contributed by atoms with Gasteiger partial charge in [-0.3, -0.25) is 14.9 Å². The van der Waals surface area contributed by atoms with E-state index in [-0.39, 0.29) is 11.6 Å². The fourth-order valence-corrected chi connectivity index (χ4v) is 3.00. The lowest BCUT2D eigenvalue weighted by Gasteiger charge is -2.21. The summed E-state index contributed by atoms with van der Waals surface area (Å²) in [4.78, 5) is 35.3. The number of thioether (sulfide) groups is 1. The molecule has 20 heavy (non-hydrogen) atoms. The van der Waals surface area contributed by atoms with Gasteiger partial charge >= 0.3 is 5.97 Å². The van der Waals surface area contributed by atoms with Crippen molar-refractivity contribution >= 4 is 29.3 Å². The number of esters is 1. The highest BCUT2D eigenvalue weighted by Crippen LogP contribution is 2.26. The first kappa shape index (κ1) is 14.3. The summed E-state index contributed by atoms with van der Waals surface area (Å²) in [6, 6.07) is 5.31. The maximum Gasteiger partial charge on any atom is 0.339 e. The quantitative estimate of drug-likeness (QED) is 0.474. The van der Waals surface area contributed by atoms with E-state index in [4.69, 9.17) is 0 Å². The molecular formula is C12H12N2O5S. The Kier molecular flexibility index (Phi) is 4.23. The summed E-state index contributed by atoms with van der Waals surface area (Å²) in [6.07, 6.45) is 0. The first-order valence-electron chi connectivity index (χ1n) is 5.79. The number of amides is 1. The zero-order valence-electron chi connectivity index (χ0n) is 10.6. The van der Waals surface area contributed by atoms with Gasteiger partial charge in [-0.25, -0.2) is 4.79 Å². The van der Waals surface area contributed by atoms with Crippen LogP contribution in [0.4, 0.5) is 5.69 Å². The van der Waals surface area contributed by atoms with Gasteiger partial charge in [0.05, 0.1) is 12.0 Å². The molecule has 1 aromatic rings. The van der Waals surface area contributed by atoms with Gasteiger partial charge in [0.2, 0.25) is 0 Å². The summed E-state index contributed by atoms with van der Waals surface area (Å²) in [7, 11) is 1.27. The second-order valence-corrected chi connectivity index (χ2v) is 5.24. The third-order valence-electron chi connectivity index (χ3n) is 2.88. The molecule has 0 saturated carbocycles. The number of rotatable bonds is 3. The molecule has 1 fully saturated rings. The largest absolute Gasteiger partial charge is 0.467 e. The van der Waals surface area contributed by atoms with Gasteiger partial charge in [-0.05, 0) is 12.1 Å². The number of nitro benzene ring substituents is 1. The monoisotopic (exact) mass is 296 g/mol. The highest BCUT2D eigenvalue weighted by Gasteiger charge is 2.36. The molecule has 1 aliphatic rings. The number of hydrogen-bond donors (Lipinski definition) is 0. The first-order valence-corrected chi connectivity index (χ1v) is 6.84. The Labute approximate surface area is 119 Å². The number of nitro groups is 1. The minimum Gasteiger partial charge on any atom is -0.467 e. The van der Waals surface area contributed by atoms with Crippen molar-refractivity contribution in [3.63, 3.8) is 0 Å². The van der Waals surface area contributed by atoms with Gasteiger partial charge < -0.3 is 9.64 Å². The highest BCUT2D eigenvalue weighted by atomic mass is 32.2. The van der Waals surface area contributed by atoms with Crippen LogP contribution in [0.15, 0.2) is 24.3 Å². The summed E-state index contributed by atoms with van der Waals surface area (Å²) < 4.78 is 4.66. The average molecular weight is 296 g/mol. The molecule has 8 heteroatoms. The van der Waals surface area contributed by atoms with E-state index < -0.39 is 16.3 Å². The van der Waals surface area contributed by atoms with Gasteiger partial charge in [0.25, 0.3) is 11.6 Å². The SMILES string of the molecule is COC(=O)[C@H]1SCCN1C(=O)c1ccc([N+](=O)[O-])cc1. The van der Waals surface area contributed by atoms with E-state index in [0.717, 1.165) is 0 Å². The molecule has 0 spiro atoms. The molecule has 106 valence electrons. The van der Waals surface area contributed by atoms with Gasteiger partial charge in [-0.1, -0.05) is 0 Å². The fraction of sp³-hybridized carbons (Fsp3) is 0.333. The standard InChI is InChI=1S/C12H12N2O5S/c1-19-12(16)11-13(6-7-20-11)10(15)8-2-4-9(5-3-8)14(17)18/h2-5,11H,6-7H2,1H3/t11-/m1/s1. The molecular weight excluding hydrogens is 284 g/mol. The summed E-state index contributed by atoms with van der Waals surface area (Å²) >= 11 is 1.34. The lowest BCUT2D eigenvalue weighted by Crippen LogP contribution is -2.40. The molecule has 0 unspecified atom stereocenters. The molecule has 7 nitrogen and oxygen atoms in total. The predicted octanol–water partition coefficient (Wildman–Crippen LogP) is 1.28. The smallest absolute Gasteiger partial charge is 0.339 e. The van der Waals surface area contributed by atoms with Crippen LogP contribution in [0, 0.1) is 10.1 Å². The van der Waals surface area contributed by atoms with Crippen molar-refractivity contribution in [3.05, 3.63) is 39.9 Å². The second-order valence-electron chi connectivity index (χ2n) is 4.05. The van der Waals surface area contributed by atoms with Crippen LogP contribution in [-0.4, -0.2) is 46.5 Å². The Morgan fingerprint density at radius 2 is 2.05 bits per heavy atom. The van der Waals surface area contributed by atoms with E-state index in [2.05, 4.69) is 4.74 Å². The number of benzene rings is 1. The lowest BCUT2D eigenvalue weighted by molar-refractivity contribution is -0.384. The van der Waals surface area contributed by atoms with Crippen molar-refractivity contribution in [2.45, 2.75) is 5.37 Å². The van der Waals surface area contributed by atoms with Crippen LogP contribution in [0.25, 0.3) is 0 Å². The third-order valence-corrected chi connectivity index (χ3v) is 4.06. The van der Waals surface area contributed by atoms with Gasteiger partial charge in [-0.15, -0.1) is 11.8 Å². The molecule has 0 radical (unpaired) electrons. The zero-order valence-corrected chi connectivity index (χ0v) is 11.5. The molecule has 1 saturated heterocycles. The van der Waals surface area contributed by atoms with Crippen LogP contribution in [0.3, 0.4) is 0 Å². The average Bonchev–Trinajstić information content (AvgIpc) is 2.95. The van der Waals surface area contributed by atoms with Crippen molar-refractivity contribution in [2.75, 3.05) is 19.4 Å². The number of nitrogens with zero attached hydrogens (tertiary/aromatic N) is 2. The number of non-ortho nitro benzene ring substituents is 1. The van der Waals surface area contributed by atoms with Crippen LogP contribution < -0.4 is 0 Å². The molecule has 0 aliphatic carbocycles. The molecule has 1 aromatic carbocycles. The van der Waals surface area contributed by atoms with E-state index in [1.54, 1.807) is 0 Å². The summed E-state index contributed by atoms with van der Waals surface area (Å²) in [6.45, 7) is 0.445. The number of carbonyl (C=O) groups excluding carboxylic acids is 2. The Morgan fingerprint density at radius 3 is 2.60 bits per heavy atom. The Balaban J connectivity index is 2.18. The minimum atomic E-state index is -0.650. The molecule has 1 amide bonds. The Bertz CT molecular complexity index is 545. The van der Waals surface area contributed by atoms with Crippen LogP contribution in [0.1, 0.15) is 10.4 Å². The minimum absolute atomic E-state index is 0.0816. The maximum absolute atomic E-state index is 12.3. The molecule has 0 bridgehead atoms. The van der Waals surface area contributed by atoms with Gasteiger partial charge in [0.1, 0.15) is 0 Å². The molecule has 1 atom stereocenters. The summed E-state index contributed by atoms with van der Waals surface area (Å²) in [5, 5.41) is 9.91. The van der Waals surface area contributed by atoms with E-state index >= 15 is 0 Å². The van der Waals surface area contributed by atoms with Crippen molar-refractivity contribution in [3.8, 4) is 0 Å². The molecule has 2 rings (SSSR count).